The number of Topliss-reactive ketones (excluding diaryl/α,β-unsaturated/α-hetero) is 1. The summed E-state index contributed by atoms with van der Waals surface area (Å²) in [5.41, 5.74) is 0.477. The third-order valence-electron chi connectivity index (χ3n) is 6.07. The van der Waals surface area contributed by atoms with Gasteiger partial charge in [0.15, 0.2) is 5.78 Å². The highest BCUT2D eigenvalue weighted by Gasteiger charge is 2.61. The molecule has 3 unspecified atom stereocenters. The van der Waals surface area contributed by atoms with Crippen LogP contribution in [0.25, 0.3) is 0 Å². The Morgan fingerprint density at radius 3 is 2.43 bits per heavy atom. The van der Waals surface area contributed by atoms with Crippen molar-refractivity contribution in [1.82, 2.24) is 0 Å². The van der Waals surface area contributed by atoms with Gasteiger partial charge in [0, 0.05) is 6.42 Å². The molecule has 2 bridgehead atoms. The molecule has 0 radical (unpaired) electrons. The van der Waals surface area contributed by atoms with Gasteiger partial charge >= 0.3 is 5.97 Å². The normalized spacial score (nSPS) is 33.1. The number of fused-ring (bicyclic) bond motifs is 2. The predicted octanol–water partition coefficient (Wildman–Crippen LogP) is 3.13. The highest BCUT2D eigenvalue weighted by atomic mass is 16.5. The standard InChI is InChI=1S/C17H28O4/c1-5-20-15(19)7-6-13(18)11-21-14-10-12-8-9-17(14,4)16(12,2)3/h12,14H,5-11H2,1-4H3. The zero-order valence-corrected chi connectivity index (χ0v) is 13.7. The van der Waals surface area contributed by atoms with E-state index in [-0.39, 0.29) is 42.7 Å². The molecule has 0 aromatic heterocycles. The second kappa shape index (κ2) is 6.07. The topological polar surface area (TPSA) is 52.6 Å². The summed E-state index contributed by atoms with van der Waals surface area (Å²) in [4.78, 5) is 23.1. The minimum absolute atomic E-state index is 0.00719. The van der Waals surface area contributed by atoms with Crippen LogP contribution in [-0.2, 0) is 19.1 Å². The monoisotopic (exact) mass is 296 g/mol. The molecule has 2 saturated carbocycles. The molecule has 0 aromatic carbocycles. The van der Waals surface area contributed by atoms with Gasteiger partial charge in [0.2, 0.25) is 0 Å². The van der Waals surface area contributed by atoms with Gasteiger partial charge in [-0.25, -0.2) is 0 Å². The number of hydrogen-bond donors (Lipinski definition) is 0. The molecule has 0 aliphatic heterocycles. The molecule has 0 spiro atoms. The minimum Gasteiger partial charge on any atom is -0.466 e. The molecule has 0 heterocycles. The fourth-order valence-corrected chi connectivity index (χ4v) is 4.12. The summed E-state index contributed by atoms with van der Waals surface area (Å²) in [6.07, 6.45) is 4.08. The Hall–Kier alpha value is -0.900. The molecule has 2 rings (SSSR count). The Bertz CT molecular complexity index is 415. The van der Waals surface area contributed by atoms with Gasteiger partial charge in [0.25, 0.3) is 0 Å². The van der Waals surface area contributed by atoms with Gasteiger partial charge in [-0.05, 0) is 42.9 Å². The molecule has 0 aromatic rings. The van der Waals surface area contributed by atoms with E-state index in [9.17, 15) is 9.59 Å². The molecule has 120 valence electrons. The van der Waals surface area contributed by atoms with Gasteiger partial charge in [-0.2, -0.15) is 0 Å². The van der Waals surface area contributed by atoms with Crippen molar-refractivity contribution in [2.75, 3.05) is 13.2 Å². The first kappa shape index (κ1) is 16.5. The molecular weight excluding hydrogens is 268 g/mol. The van der Waals surface area contributed by atoms with Crippen LogP contribution < -0.4 is 0 Å². The van der Waals surface area contributed by atoms with Crippen LogP contribution in [-0.4, -0.2) is 31.1 Å². The molecule has 2 fully saturated rings. The Morgan fingerprint density at radius 1 is 1.19 bits per heavy atom. The largest absolute Gasteiger partial charge is 0.466 e. The second-order valence-electron chi connectivity index (χ2n) is 7.25. The SMILES string of the molecule is CCOC(=O)CCC(=O)COC1CC2CCC1(C)C2(C)C. The predicted molar refractivity (Wildman–Crippen MR) is 79.8 cm³/mol. The summed E-state index contributed by atoms with van der Waals surface area (Å²) in [5.74, 6) is 0.397. The van der Waals surface area contributed by atoms with Crippen molar-refractivity contribution in [3.63, 3.8) is 0 Å². The van der Waals surface area contributed by atoms with Crippen molar-refractivity contribution in [1.29, 1.82) is 0 Å². The van der Waals surface area contributed by atoms with Gasteiger partial charge in [0.1, 0.15) is 6.61 Å². The van der Waals surface area contributed by atoms with Crippen LogP contribution in [0, 0.1) is 16.7 Å². The van der Waals surface area contributed by atoms with Crippen LogP contribution in [0.4, 0.5) is 0 Å². The molecule has 21 heavy (non-hydrogen) atoms. The van der Waals surface area contributed by atoms with Crippen molar-refractivity contribution in [2.24, 2.45) is 16.7 Å². The third kappa shape index (κ3) is 3.01. The number of carbonyl (C=O) groups excluding carboxylic acids is 2. The number of esters is 1. The first-order valence-electron chi connectivity index (χ1n) is 8.10. The van der Waals surface area contributed by atoms with Crippen molar-refractivity contribution in [3.8, 4) is 0 Å². The summed E-state index contributed by atoms with van der Waals surface area (Å²) in [7, 11) is 0. The third-order valence-corrected chi connectivity index (χ3v) is 6.07. The number of ketones is 1. The highest BCUT2D eigenvalue weighted by molar-refractivity contribution is 5.83. The van der Waals surface area contributed by atoms with Crippen LogP contribution in [0.3, 0.4) is 0 Å². The first-order chi connectivity index (χ1) is 9.81. The summed E-state index contributed by atoms with van der Waals surface area (Å²) in [5, 5.41) is 0. The average molecular weight is 296 g/mol. The molecule has 2 aliphatic rings. The van der Waals surface area contributed by atoms with Gasteiger partial charge in [-0.1, -0.05) is 20.8 Å². The molecular formula is C17H28O4. The lowest BCUT2D eigenvalue weighted by Gasteiger charge is -2.38. The van der Waals surface area contributed by atoms with Crippen LogP contribution >= 0.6 is 0 Å². The van der Waals surface area contributed by atoms with E-state index in [1.54, 1.807) is 6.92 Å². The van der Waals surface area contributed by atoms with E-state index in [1.165, 1.54) is 12.8 Å². The lowest BCUT2D eigenvalue weighted by molar-refractivity contribution is -0.145. The zero-order valence-electron chi connectivity index (χ0n) is 13.7. The van der Waals surface area contributed by atoms with E-state index in [0.717, 1.165) is 6.42 Å². The fraction of sp³-hybridized carbons (Fsp3) is 0.882. The maximum absolute atomic E-state index is 11.8. The number of rotatable bonds is 7. The number of hydrogen-bond acceptors (Lipinski definition) is 4. The number of ether oxygens (including phenoxy) is 2. The van der Waals surface area contributed by atoms with Gasteiger partial charge in [-0.15, -0.1) is 0 Å². The van der Waals surface area contributed by atoms with Crippen molar-refractivity contribution >= 4 is 11.8 Å². The summed E-state index contributed by atoms with van der Waals surface area (Å²) in [6, 6.07) is 0. The summed E-state index contributed by atoms with van der Waals surface area (Å²) in [6.45, 7) is 9.21. The Labute approximate surface area is 127 Å². The fourth-order valence-electron chi connectivity index (χ4n) is 4.12. The van der Waals surface area contributed by atoms with E-state index >= 15 is 0 Å². The maximum atomic E-state index is 11.8. The number of carbonyl (C=O) groups is 2. The van der Waals surface area contributed by atoms with Crippen LogP contribution in [0.1, 0.15) is 59.8 Å². The smallest absolute Gasteiger partial charge is 0.306 e. The van der Waals surface area contributed by atoms with Crippen LogP contribution in [0.15, 0.2) is 0 Å². The molecule has 0 saturated heterocycles. The zero-order chi connectivity index (χ0) is 15.7. The van der Waals surface area contributed by atoms with E-state index < -0.39 is 0 Å². The van der Waals surface area contributed by atoms with E-state index in [2.05, 4.69) is 20.8 Å². The molecule has 4 heteroatoms. The molecule has 0 N–H and O–H groups in total. The summed E-state index contributed by atoms with van der Waals surface area (Å²) >= 11 is 0. The van der Waals surface area contributed by atoms with E-state index in [4.69, 9.17) is 9.47 Å². The van der Waals surface area contributed by atoms with Crippen molar-refractivity contribution in [2.45, 2.75) is 65.9 Å². The molecule has 3 atom stereocenters. The van der Waals surface area contributed by atoms with Crippen LogP contribution in [0.5, 0.6) is 0 Å². The van der Waals surface area contributed by atoms with Gasteiger partial charge < -0.3 is 9.47 Å². The van der Waals surface area contributed by atoms with E-state index in [0.29, 0.717) is 17.9 Å². The lowest BCUT2D eigenvalue weighted by Crippen LogP contribution is -2.38. The summed E-state index contributed by atoms with van der Waals surface area (Å²) < 4.78 is 10.7. The van der Waals surface area contributed by atoms with Crippen molar-refractivity contribution in [3.05, 3.63) is 0 Å². The minimum atomic E-state index is -0.307. The molecule has 2 aliphatic carbocycles. The Balaban J connectivity index is 1.77. The average Bonchev–Trinajstić information content (AvgIpc) is 2.76. The first-order valence-corrected chi connectivity index (χ1v) is 8.10. The lowest BCUT2D eigenvalue weighted by atomic mass is 9.70. The molecule has 4 nitrogen and oxygen atoms in total. The quantitative estimate of drug-likeness (QED) is 0.677. The Morgan fingerprint density at radius 2 is 1.90 bits per heavy atom. The van der Waals surface area contributed by atoms with Crippen molar-refractivity contribution < 1.29 is 19.1 Å². The van der Waals surface area contributed by atoms with Crippen LogP contribution in [0.2, 0.25) is 0 Å². The molecule has 0 amide bonds. The van der Waals surface area contributed by atoms with Gasteiger partial charge in [0.05, 0.1) is 19.1 Å². The maximum Gasteiger partial charge on any atom is 0.306 e. The van der Waals surface area contributed by atoms with Gasteiger partial charge in [-0.3, -0.25) is 9.59 Å². The second-order valence-corrected chi connectivity index (χ2v) is 7.25. The Kier molecular flexibility index (Phi) is 4.76. The van der Waals surface area contributed by atoms with E-state index in [1.807, 2.05) is 0 Å². The highest BCUT2D eigenvalue weighted by Crippen LogP contribution is 2.66.